The molecule has 0 nitrogen and oxygen atoms in total. The first-order valence-electron chi connectivity index (χ1n) is 7.07. The molecular formula is C16H30Cl2IrP. The third kappa shape index (κ3) is 8.45. The Morgan fingerprint density at radius 1 is 0.850 bits per heavy atom. The minimum atomic E-state index is -0.556. The molecule has 0 saturated heterocycles. The Labute approximate surface area is 144 Å². The molecule has 122 valence electrons. The third-order valence-corrected chi connectivity index (χ3v) is 6.84. The van der Waals surface area contributed by atoms with Crippen LogP contribution in [0.5, 0.6) is 0 Å². The molecule has 0 aliphatic heterocycles. The van der Waals surface area contributed by atoms with Crippen LogP contribution >= 0.6 is 27.1 Å². The van der Waals surface area contributed by atoms with E-state index < -0.39 is 15.7 Å². The fourth-order valence-electron chi connectivity index (χ4n) is 2.08. The fourth-order valence-corrected chi connectivity index (χ4v) is 3.42. The molecule has 0 unspecified atom stereocenters. The van der Waals surface area contributed by atoms with Crippen molar-refractivity contribution in [2.45, 2.75) is 55.4 Å². The van der Waals surface area contributed by atoms with Gasteiger partial charge in [-0.1, -0.05) is 55.4 Å². The van der Waals surface area contributed by atoms with E-state index in [4.69, 9.17) is 19.2 Å². The van der Waals surface area contributed by atoms with Crippen molar-refractivity contribution in [3.8, 4) is 0 Å². The summed E-state index contributed by atoms with van der Waals surface area (Å²) in [5, 5.41) is 0. The fraction of sp³-hybridized carbons (Fsp3) is 0.688. The van der Waals surface area contributed by atoms with E-state index in [0.29, 0.717) is 7.92 Å². The van der Waals surface area contributed by atoms with Crippen molar-refractivity contribution >= 4 is 27.1 Å². The van der Waals surface area contributed by atoms with Crippen LogP contribution in [0.3, 0.4) is 0 Å². The van der Waals surface area contributed by atoms with Crippen LogP contribution in [0.15, 0.2) is 0 Å². The summed E-state index contributed by atoms with van der Waals surface area (Å²) in [6.07, 6.45) is 4.26. The number of rotatable bonds is 3. The average molecular weight is 517 g/mol. The Hall–Kier alpha value is 1.01. The van der Waals surface area contributed by atoms with Crippen molar-refractivity contribution in [1.82, 2.24) is 0 Å². The van der Waals surface area contributed by atoms with Crippen LogP contribution in [0.2, 0.25) is 0 Å². The molecule has 0 N–H and O–H groups in total. The topological polar surface area (TPSA) is 0 Å². The van der Waals surface area contributed by atoms with Crippen molar-refractivity contribution in [2.24, 2.45) is 0 Å². The molecular weight excluding hydrogens is 486 g/mol. The van der Waals surface area contributed by atoms with Crippen LogP contribution in [0.25, 0.3) is 0 Å². The molecule has 1 rings (SSSR count). The molecule has 0 saturated carbocycles. The van der Waals surface area contributed by atoms with E-state index in [-0.39, 0.29) is 0 Å². The molecule has 0 amide bonds. The number of halogens is 2. The molecule has 1 aromatic carbocycles. The molecule has 1 aromatic rings. The molecule has 0 atom stereocenters. The Morgan fingerprint density at radius 2 is 1.10 bits per heavy atom. The monoisotopic (exact) mass is 516 g/mol. The summed E-state index contributed by atoms with van der Waals surface area (Å²) >= 11 is -0.556. The summed E-state index contributed by atoms with van der Waals surface area (Å²) in [7, 11) is 10.2. The van der Waals surface area contributed by atoms with Crippen molar-refractivity contribution in [2.75, 3.05) is 18.5 Å². The maximum absolute atomic E-state index is 4.89. The van der Waals surface area contributed by atoms with E-state index in [1.807, 2.05) is 0 Å². The van der Waals surface area contributed by atoms with Gasteiger partial charge < -0.3 is 0 Å². The van der Waals surface area contributed by atoms with Gasteiger partial charge in [0.1, 0.15) is 0 Å². The molecule has 0 spiro atoms. The SMILES string of the molecule is CCP(CC)CC.Cc1c(C)c(C)[c-](C)c1C.[Cl][Ir+][Cl]. The van der Waals surface area contributed by atoms with E-state index in [1.165, 1.54) is 46.3 Å². The van der Waals surface area contributed by atoms with E-state index in [1.54, 1.807) is 0 Å². The Bertz CT molecular complexity index is 272. The Kier molecular flexibility index (Phi) is 15.9. The summed E-state index contributed by atoms with van der Waals surface area (Å²) in [5.74, 6) is 0. The molecule has 0 aromatic heterocycles. The minimum absolute atomic E-state index is 0.446. The Morgan fingerprint density at radius 3 is 1.15 bits per heavy atom. The predicted molar refractivity (Wildman–Crippen MR) is 96.0 cm³/mol. The van der Waals surface area contributed by atoms with Crippen LogP contribution < -0.4 is 0 Å². The van der Waals surface area contributed by atoms with Gasteiger partial charge in [-0.05, 0) is 18.5 Å². The third-order valence-electron chi connectivity index (χ3n) is 4.15. The second-order valence-corrected chi connectivity index (χ2v) is 11.5. The van der Waals surface area contributed by atoms with Crippen molar-refractivity contribution in [3.05, 3.63) is 27.8 Å². The molecule has 0 heterocycles. The van der Waals surface area contributed by atoms with E-state index in [0.717, 1.165) is 0 Å². The van der Waals surface area contributed by atoms with Gasteiger partial charge in [0.05, 0.1) is 0 Å². The van der Waals surface area contributed by atoms with Gasteiger partial charge >= 0.3 is 34.8 Å². The zero-order chi connectivity index (χ0) is 16.3. The van der Waals surface area contributed by atoms with Gasteiger partial charge in [-0.25, -0.2) is 0 Å². The van der Waals surface area contributed by atoms with E-state index in [2.05, 4.69) is 55.4 Å². The van der Waals surface area contributed by atoms with Gasteiger partial charge in [0.15, 0.2) is 0 Å². The van der Waals surface area contributed by atoms with E-state index >= 15 is 0 Å². The quantitative estimate of drug-likeness (QED) is 0.305. The van der Waals surface area contributed by atoms with Gasteiger partial charge in [0.2, 0.25) is 0 Å². The molecule has 0 aliphatic rings. The summed E-state index contributed by atoms with van der Waals surface area (Å²) in [4.78, 5) is 0. The van der Waals surface area contributed by atoms with Gasteiger partial charge in [-0.15, -0.1) is 7.92 Å². The standard InChI is InChI=1S/C10H15.C6H15P.2ClH.Ir/c1-6-7(2)9(4)10(5)8(6)3;1-4-7(5-2)6-3;;;/h1-5H3;4-6H2,1-3H3;2*1H;/q-1;;;;+3/p-2. The van der Waals surface area contributed by atoms with Crippen LogP contribution in [-0.2, 0) is 15.7 Å². The molecule has 0 radical (unpaired) electrons. The summed E-state index contributed by atoms with van der Waals surface area (Å²) in [5.41, 5.74) is 7.34. The van der Waals surface area contributed by atoms with E-state index in [9.17, 15) is 0 Å². The van der Waals surface area contributed by atoms with Crippen molar-refractivity contribution in [1.29, 1.82) is 0 Å². The Balaban J connectivity index is 0. The zero-order valence-corrected chi connectivity index (χ0v) is 19.0. The normalized spacial score (nSPS) is 9.95. The summed E-state index contributed by atoms with van der Waals surface area (Å²) < 4.78 is 0. The number of hydrogen-bond acceptors (Lipinski definition) is 0. The molecule has 0 bridgehead atoms. The molecule has 0 fully saturated rings. The van der Waals surface area contributed by atoms with Crippen LogP contribution in [0.4, 0.5) is 0 Å². The molecule has 4 heteroatoms. The molecule has 0 aliphatic carbocycles. The van der Waals surface area contributed by atoms with Crippen LogP contribution in [-0.4, -0.2) is 18.5 Å². The second-order valence-electron chi connectivity index (χ2n) is 4.79. The first-order valence-corrected chi connectivity index (χ1v) is 14.9. The van der Waals surface area contributed by atoms with Gasteiger partial charge in [-0.2, -0.15) is 27.8 Å². The van der Waals surface area contributed by atoms with Crippen LogP contribution in [0, 0.1) is 34.6 Å². The van der Waals surface area contributed by atoms with Gasteiger partial charge in [0.25, 0.3) is 0 Å². The predicted octanol–water partition coefficient (Wildman–Crippen LogP) is 6.85. The van der Waals surface area contributed by atoms with Crippen molar-refractivity contribution in [3.63, 3.8) is 0 Å². The van der Waals surface area contributed by atoms with Crippen molar-refractivity contribution < 1.29 is 15.7 Å². The maximum atomic E-state index is 4.89. The van der Waals surface area contributed by atoms with Gasteiger partial charge in [0, 0.05) is 0 Å². The first kappa shape index (κ1) is 23.3. The number of hydrogen-bond donors (Lipinski definition) is 0. The van der Waals surface area contributed by atoms with Gasteiger partial charge in [-0.3, -0.25) is 0 Å². The average Bonchev–Trinajstić information content (AvgIpc) is 2.61. The van der Waals surface area contributed by atoms with Crippen LogP contribution in [0.1, 0.15) is 48.6 Å². The summed E-state index contributed by atoms with van der Waals surface area (Å²) in [6.45, 7) is 17.9. The second kappa shape index (κ2) is 13.7. The zero-order valence-electron chi connectivity index (χ0n) is 14.2. The molecule has 20 heavy (non-hydrogen) atoms. The first-order chi connectivity index (χ1) is 9.31. The summed E-state index contributed by atoms with van der Waals surface area (Å²) in [6, 6.07) is 0.